The van der Waals surface area contributed by atoms with Crippen molar-refractivity contribution in [3.63, 3.8) is 0 Å². The summed E-state index contributed by atoms with van der Waals surface area (Å²) in [5.74, 6) is -0.188. The van der Waals surface area contributed by atoms with Gasteiger partial charge in [0.1, 0.15) is 17.3 Å². The highest BCUT2D eigenvalue weighted by molar-refractivity contribution is 8.00. The highest BCUT2D eigenvalue weighted by atomic mass is 32.2. The number of methoxy groups -OCH3 is 1. The number of ether oxygens (including phenoxy) is 2. The summed E-state index contributed by atoms with van der Waals surface area (Å²) in [6.45, 7) is 0.183. The largest absolute Gasteiger partial charge is 0.497 e. The van der Waals surface area contributed by atoms with Gasteiger partial charge in [0.05, 0.1) is 19.4 Å². The molecule has 1 aliphatic heterocycles. The fraction of sp³-hybridized carbons (Fsp3) is 0.160. The number of sulfone groups is 1. The minimum Gasteiger partial charge on any atom is -0.497 e. The zero-order chi connectivity index (χ0) is 22.6. The molecule has 3 aromatic carbocycles. The molecule has 0 spiro atoms. The van der Waals surface area contributed by atoms with Gasteiger partial charge < -0.3 is 14.4 Å². The van der Waals surface area contributed by atoms with E-state index in [1.54, 1.807) is 61.7 Å². The van der Waals surface area contributed by atoms with Crippen LogP contribution in [0.1, 0.15) is 11.1 Å². The van der Waals surface area contributed by atoms with E-state index < -0.39 is 15.7 Å². The molecular formula is C25H23NO5S. The van der Waals surface area contributed by atoms with Gasteiger partial charge in [-0.15, -0.1) is 0 Å². The maximum absolute atomic E-state index is 13.8. The number of hydrogen-bond donors (Lipinski definition) is 0. The van der Waals surface area contributed by atoms with Crippen molar-refractivity contribution in [1.29, 1.82) is 0 Å². The lowest BCUT2D eigenvalue weighted by Gasteiger charge is -2.28. The molecular weight excluding hydrogens is 426 g/mol. The van der Waals surface area contributed by atoms with Gasteiger partial charge in [-0.25, -0.2) is 8.42 Å². The van der Waals surface area contributed by atoms with E-state index in [2.05, 4.69) is 0 Å². The van der Waals surface area contributed by atoms with E-state index >= 15 is 0 Å². The van der Waals surface area contributed by atoms with Crippen molar-refractivity contribution in [3.05, 3.63) is 102 Å². The second kappa shape index (κ2) is 9.28. The standard InChI is InChI=1S/C25H23NO5S/c1-30-22-14-12-21(13-15-22)26(18-19-8-4-2-5-9-19)25(27)23-24(20-10-6-3-7-11-20)32(28,29)17-16-31-23/h2-15H,16-18H2,1H3. The Morgan fingerprint density at radius 1 is 0.938 bits per heavy atom. The van der Waals surface area contributed by atoms with Crippen LogP contribution in [0.15, 0.2) is 90.7 Å². The van der Waals surface area contributed by atoms with Gasteiger partial charge in [-0.05, 0) is 35.4 Å². The molecule has 0 aromatic heterocycles. The molecule has 164 valence electrons. The Morgan fingerprint density at radius 3 is 2.19 bits per heavy atom. The molecule has 1 amide bonds. The topological polar surface area (TPSA) is 72.9 Å². The van der Waals surface area contributed by atoms with Crippen molar-refractivity contribution >= 4 is 26.3 Å². The van der Waals surface area contributed by atoms with Crippen LogP contribution >= 0.6 is 0 Å². The minimum absolute atomic E-state index is 0.0679. The highest BCUT2D eigenvalue weighted by Gasteiger charge is 2.35. The van der Waals surface area contributed by atoms with Gasteiger partial charge in [0.15, 0.2) is 9.84 Å². The molecule has 3 aromatic rings. The van der Waals surface area contributed by atoms with Gasteiger partial charge in [0.25, 0.3) is 5.91 Å². The van der Waals surface area contributed by atoms with Gasteiger partial charge in [-0.1, -0.05) is 60.7 Å². The van der Waals surface area contributed by atoms with Gasteiger partial charge in [-0.2, -0.15) is 0 Å². The lowest BCUT2D eigenvalue weighted by molar-refractivity contribution is -0.118. The predicted octanol–water partition coefficient (Wildman–Crippen LogP) is 4.04. The smallest absolute Gasteiger partial charge is 0.295 e. The number of anilines is 1. The second-order valence-electron chi connectivity index (χ2n) is 7.27. The first-order valence-electron chi connectivity index (χ1n) is 10.1. The van der Waals surface area contributed by atoms with Crippen LogP contribution in [-0.2, 0) is 25.9 Å². The highest BCUT2D eigenvalue weighted by Crippen LogP contribution is 2.32. The molecule has 0 radical (unpaired) electrons. The molecule has 0 saturated heterocycles. The maximum atomic E-state index is 13.8. The number of rotatable bonds is 6. The third kappa shape index (κ3) is 4.53. The molecule has 0 bridgehead atoms. The van der Waals surface area contributed by atoms with Gasteiger partial charge in [-0.3, -0.25) is 4.79 Å². The third-order valence-electron chi connectivity index (χ3n) is 5.16. The Morgan fingerprint density at radius 2 is 1.56 bits per heavy atom. The molecule has 1 aliphatic rings. The quantitative estimate of drug-likeness (QED) is 0.568. The van der Waals surface area contributed by atoms with Crippen LogP contribution < -0.4 is 9.64 Å². The molecule has 6 nitrogen and oxygen atoms in total. The predicted molar refractivity (Wildman–Crippen MR) is 124 cm³/mol. The number of amides is 1. The van der Waals surface area contributed by atoms with E-state index in [-0.39, 0.29) is 29.6 Å². The summed E-state index contributed by atoms with van der Waals surface area (Å²) in [4.78, 5) is 15.2. The third-order valence-corrected chi connectivity index (χ3v) is 6.91. The second-order valence-corrected chi connectivity index (χ2v) is 9.31. The van der Waals surface area contributed by atoms with Crippen molar-refractivity contribution < 1.29 is 22.7 Å². The molecule has 0 saturated carbocycles. The fourth-order valence-electron chi connectivity index (χ4n) is 3.55. The SMILES string of the molecule is COc1ccc(N(Cc2ccccc2)C(=O)C2=C(c3ccccc3)S(=O)(=O)CCO2)cc1. The van der Waals surface area contributed by atoms with E-state index in [1.165, 1.54) is 4.90 Å². The van der Waals surface area contributed by atoms with Crippen LogP contribution in [0.25, 0.3) is 4.91 Å². The van der Waals surface area contributed by atoms with E-state index in [0.29, 0.717) is 17.0 Å². The Hall–Kier alpha value is -3.58. The summed E-state index contributed by atoms with van der Waals surface area (Å²) in [7, 11) is -2.11. The van der Waals surface area contributed by atoms with Crippen LogP contribution in [-0.4, -0.2) is 33.8 Å². The van der Waals surface area contributed by atoms with Crippen molar-refractivity contribution in [2.24, 2.45) is 0 Å². The van der Waals surface area contributed by atoms with Crippen LogP contribution in [0.3, 0.4) is 0 Å². The zero-order valence-electron chi connectivity index (χ0n) is 17.6. The molecule has 0 N–H and O–H groups in total. The van der Waals surface area contributed by atoms with Crippen molar-refractivity contribution in [1.82, 2.24) is 0 Å². The Bertz CT molecular complexity index is 1220. The lowest BCUT2D eigenvalue weighted by atomic mass is 10.1. The van der Waals surface area contributed by atoms with Crippen LogP contribution in [0.4, 0.5) is 5.69 Å². The molecule has 1 heterocycles. The summed E-state index contributed by atoms with van der Waals surface area (Å²) >= 11 is 0. The summed E-state index contributed by atoms with van der Waals surface area (Å²) in [6.07, 6.45) is 0. The fourth-order valence-corrected chi connectivity index (χ4v) is 4.98. The normalized spacial score (nSPS) is 15.0. The average Bonchev–Trinajstić information content (AvgIpc) is 2.82. The van der Waals surface area contributed by atoms with Gasteiger partial charge in [0, 0.05) is 5.69 Å². The summed E-state index contributed by atoms with van der Waals surface area (Å²) in [5.41, 5.74) is 1.94. The molecule has 4 rings (SSSR count). The number of benzene rings is 3. The van der Waals surface area contributed by atoms with E-state index in [1.807, 2.05) is 30.3 Å². The molecule has 0 fully saturated rings. The number of carbonyl (C=O) groups is 1. The molecule has 0 unspecified atom stereocenters. The maximum Gasteiger partial charge on any atom is 0.295 e. The molecule has 32 heavy (non-hydrogen) atoms. The molecule has 0 aliphatic carbocycles. The van der Waals surface area contributed by atoms with Crippen molar-refractivity contribution in [3.8, 4) is 5.75 Å². The average molecular weight is 450 g/mol. The number of carbonyl (C=O) groups excluding carboxylic acids is 1. The van der Waals surface area contributed by atoms with Gasteiger partial charge >= 0.3 is 0 Å². The first-order valence-corrected chi connectivity index (χ1v) is 11.8. The first kappa shape index (κ1) is 21.6. The van der Waals surface area contributed by atoms with E-state index in [0.717, 1.165) is 5.56 Å². The van der Waals surface area contributed by atoms with E-state index in [9.17, 15) is 13.2 Å². The lowest BCUT2D eigenvalue weighted by Crippen LogP contribution is -2.36. The Labute approximate surface area is 187 Å². The number of nitrogens with zero attached hydrogens (tertiary/aromatic N) is 1. The summed E-state index contributed by atoms with van der Waals surface area (Å²) in [6, 6.07) is 25.1. The van der Waals surface area contributed by atoms with Crippen molar-refractivity contribution in [2.75, 3.05) is 24.4 Å². The Balaban J connectivity index is 1.83. The van der Waals surface area contributed by atoms with Crippen molar-refractivity contribution in [2.45, 2.75) is 6.54 Å². The zero-order valence-corrected chi connectivity index (χ0v) is 18.4. The summed E-state index contributed by atoms with van der Waals surface area (Å²) in [5, 5.41) is 0. The van der Waals surface area contributed by atoms with Crippen LogP contribution in [0.2, 0.25) is 0 Å². The summed E-state index contributed by atoms with van der Waals surface area (Å²) < 4.78 is 36.9. The van der Waals surface area contributed by atoms with Crippen LogP contribution in [0.5, 0.6) is 5.75 Å². The molecule has 0 atom stereocenters. The first-order chi connectivity index (χ1) is 15.5. The Kier molecular flexibility index (Phi) is 6.28. The number of hydrogen-bond acceptors (Lipinski definition) is 5. The molecule has 7 heteroatoms. The van der Waals surface area contributed by atoms with Crippen LogP contribution in [0, 0.1) is 0 Å². The monoisotopic (exact) mass is 449 g/mol. The van der Waals surface area contributed by atoms with Gasteiger partial charge in [0.2, 0.25) is 5.76 Å². The van der Waals surface area contributed by atoms with E-state index in [4.69, 9.17) is 9.47 Å². The minimum atomic E-state index is -3.68.